The van der Waals surface area contributed by atoms with Gasteiger partial charge in [0, 0.05) is 12.5 Å². The smallest absolute Gasteiger partial charge is 0.204 e. The largest absolute Gasteiger partial charge is 0.376 e. The van der Waals surface area contributed by atoms with Crippen molar-refractivity contribution in [2.45, 2.75) is 82.8 Å². The van der Waals surface area contributed by atoms with Gasteiger partial charge in [-0.15, -0.1) is 0 Å². The van der Waals surface area contributed by atoms with E-state index in [4.69, 9.17) is 4.74 Å². The van der Waals surface area contributed by atoms with E-state index in [2.05, 4.69) is 10.2 Å². The SMILES string of the molecule is O=C1CCC2OCC3CCCN3CCCCCNCC3CCCC(C3)C2C1=O. The van der Waals surface area contributed by atoms with Gasteiger partial charge in [-0.1, -0.05) is 12.8 Å². The minimum absolute atomic E-state index is 0.0442. The standard InChI is InChI=1S/C23H38N2O3/c26-20-9-10-21-22(23(20)27)18-7-4-6-17(14-18)15-24-11-2-1-3-12-25-13-5-8-19(25)16-28-21/h17-19,21-22,24H,1-16H2. The van der Waals surface area contributed by atoms with Gasteiger partial charge in [-0.2, -0.15) is 0 Å². The number of carbonyl (C=O) groups is 2. The molecule has 5 unspecified atom stereocenters. The van der Waals surface area contributed by atoms with Gasteiger partial charge in [0.25, 0.3) is 0 Å². The van der Waals surface area contributed by atoms with E-state index in [9.17, 15) is 9.59 Å². The Morgan fingerprint density at radius 1 is 0.929 bits per heavy atom. The van der Waals surface area contributed by atoms with Crippen LogP contribution in [-0.2, 0) is 14.3 Å². The first-order valence-electron chi connectivity index (χ1n) is 11.9. The van der Waals surface area contributed by atoms with E-state index >= 15 is 0 Å². The Morgan fingerprint density at radius 3 is 2.75 bits per heavy atom. The molecule has 2 heterocycles. The van der Waals surface area contributed by atoms with Crippen LogP contribution in [0.5, 0.6) is 0 Å². The highest BCUT2D eigenvalue weighted by Gasteiger charge is 2.44. The molecule has 0 aromatic heterocycles. The van der Waals surface area contributed by atoms with E-state index in [1.54, 1.807) is 0 Å². The molecule has 4 rings (SSSR count). The summed E-state index contributed by atoms with van der Waals surface area (Å²) in [4.78, 5) is 27.7. The Morgan fingerprint density at radius 2 is 1.82 bits per heavy atom. The molecule has 5 atom stereocenters. The Bertz CT molecular complexity index is 552. The van der Waals surface area contributed by atoms with Crippen molar-refractivity contribution in [3.05, 3.63) is 0 Å². The van der Waals surface area contributed by atoms with E-state index in [1.807, 2.05) is 0 Å². The van der Waals surface area contributed by atoms with Crippen LogP contribution in [0.1, 0.15) is 70.6 Å². The van der Waals surface area contributed by atoms with E-state index in [-0.39, 0.29) is 23.6 Å². The lowest BCUT2D eigenvalue weighted by Crippen LogP contribution is -2.47. The average Bonchev–Trinajstić information content (AvgIpc) is 3.15. The zero-order valence-corrected chi connectivity index (χ0v) is 17.4. The maximum atomic E-state index is 12.9. The predicted octanol–water partition coefficient (Wildman–Crippen LogP) is 2.96. The van der Waals surface area contributed by atoms with Crippen LogP contribution in [0.4, 0.5) is 0 Å². The number of Topliss-reactive ketones (excluding diaryl/α,β-unsaturated/α-hetero) is 2. The monoisotopic (exact) mass is 390 g/mol. The fourth-order valence-corrected chi connectivity index (χ4v) is 6.14. The first-order chi connectivity index (χ1) is 13.7. The Balaban J connectivity index is 1.48. The number of ether oxygens (including phenoxy) is 1. The molecule has 4 fully saturated rings. The molecule has 5 heteroatoms. The maximum Gasteiger partial charge on any atom is 0.204 e. The summed E-state index contributed by atoms with van der Waals surface area (Å²) in [5.41, 5.74) is 0. The molecule has 4 aliphatic rings. The number of fused-ring (bicyclic) bond motifs is 5. The molecule has 2 saturated heterocycles. The molecule has 1 N–H and O–H groups in total. The van der Waals surface area contributed by atoms with Gasteiger partial charge >= 0.3 is 0 Å². The van der Waals surface area contributed by atoms with Crippen LogP contribution in [0, 0.1) is 17.8 Å². The highest BCUT2D eigenvalue weighted by molar-refractivity contribution is 6.38. The summed E-state index contributed by atoms with van der Waals surface area (Å²) < 4.78 is 6.44. The molecule has 0 aromatic rings. The second kappa shape index (κ2) is 9.82. The van der Waals surface area contributed by atoms with Crippen LogP contribution < -0.4 is 5.32 Å². The normalized spacial score (nSPS) is 39.4. The van der Waals surface area contributed by atoms with Crippen molar-refractivity contribution in [1.29, 1.82) is 0 Å². The molecule has 28 heavy (non-hydrogen) atoms. The molecule has 5 nitrogen and oxygen atoms in total. The summed E-state index contributed by atoms with van der Waals surface area (Å²) in [5.74, 6) is 0.505. The van der Waals surface area contributed by atoms with Crippen molar-refractivity contribution in [3.8, 4) is 0 Å². The number of carbonyl (C=O) groups excluding carboxylic acids is 2. The lowest BCUT2D eigenvalue weighted by Gasteiger charge is -2.40. The number of rotatable bonds is 0. The minimum Gasteiger partial charge on any atom is -0.376 e. The van der Waals surface area contributed by atoms with Gasteiger partial charge in [0.05, 0.1) is 18.6 Å². The third-order valence-electron chi connectivity index (χ3n) is 7.70. The highest BCUT2D eigenvalue weighted by atomic mass is 16.5. The molecule has 0 amide bonds. The number of ketones is 2. The summed E-state index contributed by atoms with van der Waals surface area (Å²) in [6.07, 6.45) is 11.9. The Hall–Kier alpha value is -0.780. The third-order valence-corrected chi connectivity index (χ3v) is 7.70. The average molecular weight is 391 g/mol. The minimum atomic E-state index is -0.188. The lowest BCUT2D eigenvalue weighted by atomic mass is 9.68. The number of hydrogen-bond donors (Lipinski definition) is 1. The zero-order valence-electron chi connectivity index (χ0n) is 17.4. The van der Waals surface area contributed by atoms with Crippen molar-refractivity contribution >= 4 is 11.6 Å². The van der Waals surface area contributed by atoms with Crippen LogP contribution in [0.3, 0.4) is 0 Å². The fraction of sp³-hybridized carbons (Fsp3) is 0.913. The topological polar surface area (TPSA) is 58.6 Å². The van der Waals surface area contributed by atoms with Crippen molar-refractivity contribution in [2.75, 3.05) is 32.8 Å². The van der Waals surface area contributed by atoms with Gasteiger partial charge in [-0.25, -0.2) is 0 Å². The van der Waals surface area contributed by atoms with Crippen LogP contribution in [0.15, 0.2) is 0 Å². The first kappa shape index (κ1) is 20.5. The predicted molar refractivity (Wildman–Crippen MR) is 109 cm³/mol. The van der Waals surface area contributed by atoms with E-state index in [1.165, 1.54) is 58.0 Å². The molecule has 2 aliphatic carbocycles. The molecule has 0 aromatic carbocycles. The maximum absolute atomic E-state index is 12.9. The molecule has 2 saturated carbocycles. The Labute approximate surface area is 169 Å². The summed E-state index contributed by atoms with van der Waals surface area (Å²) in [7, 11) is 0. The quantitative estimate of drug-likeness (QED) is 0.645. The van der Waals surface area contributed by atoms with Gasteiger partial charge < -0.3 is 10.1 Å². The van der Waals surface area contributed by atoms with Crippen molar-refractivity contribution in [2.24, 2.45) is 17.8 Å². The molecule has 2 aliphatic heterocycles. The van der Waals surface area contributed by atoms with Gasteiger partial charge in [0.1, 0.15) is 0 Å². The van der Waals surface area contributed by atoms with Gasteiger partial charge in [0.2, 0.25) is 5.78 Å². The summed E-state index contributed by atoms with van der Waals surface area (Å²) in [6.45, 7) is 5.26. The summed E-state index contributed by atoms with van der Waals surface area (Å²) >= 11 is 0. The van der Waals surface area contributed by atoms with Crippen molar-refractivity contribution in [3.63, 3.8) is 0 Å². The number of nitrogens with zero attached hydrogens (tertiary/aromatic N) is 1. The third kappa shape index (κ3) is 4.85. The zero-order chi connectivity index (χ0) is 19.3. The second-order valence-electron chi connectivity index (χ2n) is 9.61. The lowest BCUT2D eigenvalue weighted by molar-refractivity contribution is -0.150. The second-order valence-corrected chi connectivity index (χ2v) is 9.61. The summed E-state index contributed by atoms with van der Waals surface area (Å²) in [5, 5.41) is 3.66. The molecular formula is C23H38N2O3. The number of nitrogens with one attached hydrogen (secondary N) is 1. The van der Waals surface area contributed by atoms with Crippen LogP contribution in [0.25, 0.3) is 0 Å². The van der Waals surface area contributed by atoms with Gasteiger partial charge in [-0.05, 0) is 89.4 Å². The fourth-order valence-electron chi connectivity index (χ4n) is 6.14. The van der Waals surface area contributed by atoms with Crippen molar-refractivity contribution < 1.29 is 14.3 Å². The van der Waals surface area contributed by atoms with Gasteiger partial charge in [0.15, 0.2) is 5.78 Å². The molecule has 2 bridgehead atoms. The van der Waals surface area contributed by atoms with E-state index < -0.39 is 0 Å². The van der Waals surface area contributed by atoms with E-state index in [0.717, 1.165) is 39.0 Å². The summed E-state index contributed by atoms with van der Waals surface area (Å²) in [6, 6.07) is 0.499. The van der Waals surface area contributed by atoms with Crippen LogP contribution in [0.2, 0.25) is 0 Å². The highest BCUT2D eigenvalue weighted by Crippen LogP contribution is 2.39. The molecule has 0 radical (unpaired) electrons. The van der Waals surface area contributed by atoms with Crippen LogP contribution >= 0.6 is 0 Å². The van der Waals surface area contributed by atoms with Crippen LogP contribution in [-0.4, -0.2) is 61.4 Å². The molecule has 0 spiro atoms. The molecular weight excluding hydrogens is 352 g/mol. The Kier molecular flexibility index (Phi) is 7.18. The van der Waals surface area contributed by atoms with Gasteiger partial charge in [-0.3, -0.25) is 14.5 Å². The number of hydrogen-bond acceptors (Lipinski definition) is 5. The van der Waals surface area contributed by atoms with E-state index in [0.29, 0.717) is 24.3 Å². The van der Waals surface area contributed by atoms with Crippen molar-refractivity contribution in [1.82, 2.24) is 10.2 Å². The molecule has 158 valence electrons. The first-order valence-corrected chi connectivity index (χ1v) is 11.9.